The molecule has 1 atom stereocenters. The van der Waals surface area contributed by atoms with E-state index in [1.807, 2.05) is 0 Å². The minimum atomic E-state index is -3.95. The van der Waals surface area contributed by atoms with Gasteiger partial charge in [0.1, 0.15) is 9.79 Å². The van der Waals surface area contributed by atoms with Crippen LogP contribution in [0.3, 0.4) is 0 Å². The standard InChI is InChI=1S/C12H21N3O4S2.ClH/c1-10(9-13)15(4)21(18,19)12-8-6-5-7-11(12)20(16,17)14(2)3;/h5-8,10H,9,13H2,1-4H3;1H. The van der Waals surface area contributed by atoms with Gasteiger partial charge in [0.05, 0.1) is 0 Å². The molecule has 128 valence electrons. The Kier molecular flexibility index (Phi) is 7.46. The van der Waals surface area contributed by atoms with Crippen molar-refractivity contribution in [1.82, 2.24) is 8.61 Å². The van der Waals surface area contributed by atoms with Crippen LogP contribution in [0.1, 0.15) is 6.92 Å². The molecule has 0 spiro atoms. The van der Waals surface area contributed by atoms with Gasteiger partial charge in [0.2, 0.25) is 20.0 Å². The molecule has 0 aromatic heterocycles. The number of hydrogen-bond donors (Lipinski definition) is 1. The summed E-state index contributed by atoms with van der Waals surface area (Å²) in [6, 6.07) is 5.10. The van der Waals surface area contributed by atoms with Gasteiger partial charge in [0, 0.05) is 33.7 Å². The number of benzene rings is 1. The first-order chi connectivity index (χ1) is 9.56. The van der Waals surface area contributed by atoms with E-state index in [0.29, 0.717) is 0 Å². The third-order valence-electron chi connectivity index (χ3n) is 3.23. The van der Waals surface area contributed by atoms with Crippen molar-refractivity contribution < 1.29 is 16.8 Å². The van der Waals surface area contributed by atoms with Crippen LogP contribution in [0.15, 0.2) is 34.1 Å². The van der Waals surface area contributed by atoms with Gasteiger partial charge in [-0.1, -0.05) is 12.1 Å². The van der Waals surface area contributed by atoms with Crippen LogP contribution in [0.2, 0.25) is 0 Å². The number of nitrogens with two attached hydrogens (primary N) is 1. The first-order valence-corrected chi connectivity index (χ1v) is 9.14. The molecule has 0 saturated heterocycles. The van der Waals surface area contributed by atoms with Gasteiger partial charge in [-0.3, -0.25) is 0 Å². The predicted octanol–water partition coefficient (Wildman–Crippen LogP) is 0.326. The Balaban J connectivity index is 0.00000441. The molecule has 0 aliphatic heterocycles. The lowest BCUT2D eigenvalue weighted by atomic mass is 10.4. The molecule has 0 amide bonds. The highest BCUT2D eigenvalue weighted by Crippen LogP contribution is 2.25. The van der Waals surface area contributed by atoms with E-state index < -0.39 is 26.1 Å². The van der Waals surface area contributed by atoms with Crippen molar-refractivity contribution in [1.29, 1.82) is 0 Å². The second-order valence-electron chi connectivity index (χ2n) is 4.84. The number of hydrogen-bond acceptors (Lipinski definition) is 5. The van der Waals surface area contributed by atoms with E-state index in [-0.39, 0.29) is 28.7 Å². The maximum atomic E-state index is 12.6. The third kappa shape index (κ3) is 3.98. The molecule has 1 rings (SSSR count). The van der Waals surface area contributed by atoms with Gasteiger partial charge >= 0.3 is 0 Å². The van der Waals surface area contributed by atoms with Crippen molar-refractivity contribution in [3.05, 3.63) is 24.3 Å². The summed E-state index contributed by atoms with van der Waals surface area (Å²) in [6.07, 6.45) is 0. The molecule has 1 aromatic carbocycles. The summed E-state index contributed by atoms with van der Waals surface area (Å²) >= 11 is 0. The van der Waals surface area contributed by atoms with Crippen molar-refractivity contribution in [3.63, 3.8) is 0 Å². The normalized spacial score (nSPS) is 14.0. The van der Waals surface area contributed by atoms with E-state index in [9.17, 15) is 16.8 Å². The monoisotopic (exact) mass is 371 g/mol. The largest absolute Gasteiger partial charge is 0.329 e. The molecule has 0 bridgehead atoms. The van der Waals surface area contributed by atoms with Gasteiger partial charge in [-0.05, 0) is 19.1 Å². The molecule has 1 aromatic rings. The maximum Gasteiger partial charge on any atom is 0.244 e. The fraction of sp³-hybridized carbons (Fsp3) is 0.500. The van der Waals surface area contributed by atoms with Crippen molar-refractivity contribution >= 4 is 32.5 Å². The van der Waals surface area contributed by atoms with Gasteiger partial charge in [-0.25, -0.2) is 21.1 Å². The molecule has 0 radical (unpaired) electrons. The first kappa shape index (κ1) is 21.3. The summed E-state index contributed by atoms with van der Waals surface area (Å²) in [4.78, 5) is -0.493. The Morgan fingerprint density at radius 2 is 1.41 bits per heavy atom. The third-order valence-corrected chi connectivity index (χ3v) is 7.26. The van der Waals surface area contributed by atoms with Gasteiger partial charge in [0.25, 0.3) is 0 Å². The second-order valence-corrected chi connectivity index (χ2v) is 8.93. The highest BCUT2D eigenvalue weighted by molar-refractivity contribution is 7.92. The number of rotatable bonds is 6. The Morgan fingerprint density at radius 3 is 1.77 bits per heavy atom. The molecular weight excluding hydrogens is 350 g/mol. The van der Waals surface area contributed by atoms with E-state index in [2.05, 4.69) is 0 Å². The molecule has 0 aliphatic rings. The van der Waals surface area contributed by atoms with E-state index in [1.165, 1.54) is 45.4 Å². The topological polar surface area (TPSA) is 101 Å². The number of nitrogens with zero attached hydrogens (tertiary/aromatic N) is 2. The highest BCUT2D eigenvalue weighted by atomic mass is 35.5. The smallest absolute Gasteiger partial charge is 0.244 e. The maximum absolute atomic E-state index is 12.6. The van der Waals surface area contributed by atoms with Crippen LogP contribution >= 0.6 is 12.4 Å². The van der Waals surface area contributed by atoms with E-state index in [0.717, 1.165) is 8.61 Å². The van der Waals surface area contributed by atoms with Gasteiger partial charge in [-0.15, -0.1) is 12.4 Å². The molecule has 22 heavy (non-hydrogen) atoms. The molecule has 1 unspecified atom stereocenters. The van der Waals surface area contributed by atoms with Crippen LogP contribution in [0, 0.1) is 0 Å². The fourth-order valence-corrected chi connectivity index (χ4v) is 4.65. The van der Waals surface area contributed by atoms with Gasteiger partial charge < -0.3 is 5.73 Å². The summed E-state index contributed by atoms with van der Waals surface area (Å²) < 4.78 is 51.8. The zero-order valence-corrected chi connectivity index (χ0v) is 15.4. The minimum absolute atomic E-state index is 0. The Hall–Kier alpha value is -0.710. The molecule has 0 fully saturated rings. The lowest BCUT2D eigenvalue weighted by Gasteiger charge is -2.24. The Labute approximate surface area is 138 Å². The van der Waals surface area contributed by atoms with Crippen LogP contribution in [-0.2, 0) is 20.0 Å². The molecule has 7 nitrogen and oxygen atoms in total. The summed E-state index contributed by atoms with van der Waals surface area (Å²) in [5.41, 5.74) is 5.49. The zero-order chi connectivity index (χ0) is 16.4. The minimum Gasteiger partial charge on any atom is -0.329 e. The Morgan fingerprint density at radius 1 is 1.00 bits per heavy atom. The van der Waals surface area contributed by atoms with Crippen LogP contribution < -0.4 is 5.73 Å². The molecule has 10 heteroatoms. The van der Waals surface area contributed by atoms with Crippen molar-refractivity contribution in [3.8, 4) is 0 Å². The summed E-state index contributed by atoms with van der Waals surface area (Å²) in [6.45, 7) is 1.79. The lowest BCUT2D eigenvalue weighted by molar-refractivity contribution is 0.393. The van der Waals surface area contributed by atoms with Crippen molar-refractivity contribution in [2.45, 2.75) is 22.8 Å². The molecule has 0 aliphatic carbocycles. The van der Waals surface area contributed by atoms with Gasteiger partial charge in [0.15, 0.2) is 0 Å². The SMILES string of the molecule is CC(CN)N(C)S(=O)(=O)c1ccccc1S(=O)(=O)N(C)C.Cl. The average molecular weight is 372 g/mol. The van der Waals surface area contributed by atoms with Gasteiger partial charge in [-0.2, -0.15) is 4.31 Å². The molecule has 0 heterocycles. The van der Waals surface area contributed by atoms with Crippen LogP contribution in [0.4, 0.5) is 0 Å². The lowest BCUT2D eigenvalue weighted by Crippen LogP contribution is -2.40. The van der Waals surface area contributed by atoms with Crippen molar-refractivity contribution in [2.75, 3.05) is 27.7 Å². The molecule has 2 N–H and O–H groups in total. The number of sulfonamides is 2. The van der Waals surface area contributed by atoms with Crippen LogP contribution in [-0.4, -0.2) is 59.2 Å². The first-order valence-electron chi connectivity index (χ1n) is 6.26. The summed E-state index contributed by atoms with van der Waals surface area (Å²) in [7, 11) is -3.73. The number of halogens is 1. The van der Waals surface area contributed by atoms with E-state index >= 15 is 0 Å². The van der Waals surface area contributed by atoms with Crippen LogP contribution in [0.25, 0.3) is 0 Å². The second kappa shape index (κ2) is 7.71. The summed E-state index contributed by atoms with van der Waals surface area (Å²) in [5.74, 6) is 0. The Bertz CT molecular complexity index is 705. The zero-order valence-electron chi connectivity index (χ0n) is 12.9. The predicted molar refractivity (Wildman–Crippen MR) is 88.0 cm³/mol. The highest BCUT2D eigenvalue weighted by Gasteiger charge is 2.32. The van der Waals surface area contributed by atoms with Crippen LogP contribution in [0.5, 0.6) is 0 Å². The molecular formula is C12H22ClN3O4S2. The fourth-order valence-electron chi connectivity index (χ4n) is 1.61. The van der Waals surface area contributed by atoms with Crippen molar-refractivity contribution in [2.24, 2.45) is 5.73 Å². The average Bonchev–Trinajstić information content (AvgIpc) is 2.45. The quantitative estimate of drug-likeness (QED) is 0.776. The van der Waals surface area contributed by atoms with E-state index in [1.54, 1.807) is 6.92 Å². The number of likely N-dealkylation sites (N-methyl/N-ethyl adjacent to an activating group) is 1. The van der Waals surface area contributed by atoms with E-state index in [4.69, 9.17) is 5.73 Å². The molecule has 0 saturated carbocycles. The summed E-state index contributed by atoms with van der Waals surface area (Å²) in [5, 5.41) is 0.